The maximum atomic E-state index is 14.6. The number of nitrogens with zero attached hydrogens (tertiary/aromatic N) is 2. The summed E-state index contributed by atoms with van der Waals surface area (Å²) in [4.78, 5) is 222. The maximum Gasteiger partial charge on any atom is 0.248 e. The zero-order valence-electron chi connectivity index (χ0n) is 67.1. The van der Waals surface area contributed by atoms with Crippen LogP contribution >= 0.6 is 0 Å². The number of aliphatic hydroxyl groups is 3. The number of hydrogen-bond acceptors (Lipinski definition) is 19. The Morgan fingerprint density at radius 2 is 0.945 bits per heavy atom. The first-order valence-electron chi connectivity index (χ1n) is 37.0. The van der Waals surface area contributed by atoms with E-state index in [9.17, 15) is 92.0 Å². The second-order valence-corrected chi connectivity index (χ2v) is 32.8. The molecule has 109 heavy (non-hydrogen) atoms. The Bertz CT molecular complexity index is 3490. The van der Waals surface area contributed by atoms with Gasteiger partial charge in [0.15, 0.2) is 0 Å². The number of primary amides is 1. The van der Waals surface area contributed by atoms with Gasteiger partial charge in [-0.05, 0) is 131 Å². The molecule has 2 heterocycles. The minimum atomic E-state index is -1.89. The van der Waals surface area contributed by atoms with Crippen LogP contribution in [0.2, 0.25) is 0 Å². The Hall–Kier alpha value is -9.38. The molecule has 0 aliphatic carbocycles. The standard InChI is InChI=1S/C74H122N16O19/c1-22-74(21,68(109)90-36-46(94)33-50(90)59(100)83-69(11,12)63(104)78-44(37-91)31-43-26-24-23-25-27-43)86-57(98)47(28-29-51(75)95)80-58(99)49-32-45(93)35-89(49)67(108)73(19,20)85-62(103)55(41(8)9)81-56(97)48(30-38(2)3)79-52(96)34-76-60(101)53(39(4)5)82-64(105)70(13,14)87-66(107)72(17,18)88-65(106)71(15,16)84-61(102)54(40(6)7)77-42(10)92/h23-27,38-41,44-50,53-55,91,93-94H,22,28-37H2,1-21H3,(H2,75,95)(H,76,101)(H,77,92)(H,78,104)(H,79,96)(H,80,99)(H,81,97)(H,82,105)(H,83,100)(H,84,102)(H,85,103)(H,86,98)(H,87,107)(H,88,106)/t44-,45+,46+,47-,48-,49-,50-,53-,54-,55-,74-/m0/s1. The van der Waals surface area contributed by atoms with E-state index >= 15 is 0 Å². The third-order valence-corrected chi connectivity index (χ3v) is 19.0. The number of hydrogen-bond donors (Lipinski definition) is 17. The van der Waals surface area contributed by atoms with Crippen LogP contribution in [-0.4, -0.2) is 240 Å². The topological polar surface area (TPSA) is 523 Å². The number of nitrogens with one attached hydrogen (secondary N) is 13. The van der Waals surface area contributed by atoms with Crippen LogP contribution in [0.25, 0.3) is 0 Å². The second-order valence-electron chi connectivity index (χ2n) is 32.8. The van der Waals surface area contributed by atoms with Crippen LogP contribution in [0.1, 0.15) is 189 Å². The van der Waals surface area contributed by atoms with Gasteiger partial charge in [-0.25, -0.2) is 0 Å². The van der Waals surface area contributed by atoms with Crippen molar-refractivity contribution in [3.8, 4) is 0 Å². The number of carbonyl (C=O) groups is 16. The van der Waals surface area contributed by atoms with E-state index in [1.54, 1.807) is 62.3 Å². The first kappa shape index (κ1) is 93.8. The number of carbonyl (C=O) groups excluding carboxylic acids is 16. The summed E-state index contributed by atoms with van der Waals surface area (Å²) in [5.41, 5.74) is -3.99. The quantitative estimate of drug-likeness (QED) is 0.0317. The zero-order valence-corrected chi connectivity index (χ0v) is 67.1. The highest BCUT2D eigenvalue weighted by Crippen LogP contribution is 2.27. The van der Waals surface area contributed by atoms with Crippen molar-refractivity contribution in [1.29, 1.82) is 0 Å². The molecule has 16 amide bonds. The van der Waals surface area contributed by atoms with Gasteiger partial charge in [-0.2, -0.15) is 0 Å². The largest absolute Gasteiger partial charge is 0.394 e. The number of likely N-dealkylation sites (tertiary alicyclic amines) is 2. The zero-order chi connectivity index (χ0) is 83.6. The number of β-amino-alcohol motifs (C(OH)–C–C–N with tert-alkyl or cyclic N) is 2. The highest BCUT2D eigenvalue weighted by molar-refractivity contribution is 6.03. The molecule has 0 radical (unpaired) electrons. The molecular weight excluding hydrogens is 1420 g/mol. The van der Waals surface area contributed by atoms with E-state index in [-0.39, 0.29) is 50.5 Å². The molecule has 11 atom stereocenters. The molecule has 0 spiro atoms. The predicted molar refractivity (Wildman–Crippen MR) is 400 cm³/mol. The van der Waals surface area contributed by atoms with Crippen LogP contribution in [0.5, 0.6) is 0 Å². The first-order valence-corrected chi connectivity index (χ1v) is 37.0. The van der Waals surface area contributed by atoms with Gasteiger partial charge < -0.3 is 100.0 Å². The van der Waals surface area contributed by atoms with Crippen LogP contribution in [0.3, 0.4) is 0 Å². The van der Waals surface area contributed by atoms with Crippen molar-refractivity contribution in [2.45, 2.75) is 284 Å². The van der Waals surface area contributed by atoms with Gasteiger partial charge >= 0.3 is 0 Å². The van der Waals surface area contributed by atoms with Gasteiger partial charge in [-0.15, -0.1) is 0 Å². The van der Waals surface area contributed by atoms with E-state index in [0.29, 0.717) is 0 Å². The van der Waals surface area contributed by atoms with E-state index < -0.39 is 233 Å². The summed E-state index contributed by atoms with van der Waals surface area (Å²) in [6.07, 6.45) is -3.82. The first-order chi connectivity index (χ1) is 50.1. The lowest BCUT2D eigenvalue weighted by Crippen LogP contribution is -2.67. The lowest BCUT2D eigenvalue weighted by atomic mass is 9.94. The van der Waals surface area contributed by atoms with Crippen LogP contribution in [-0.2, 0) is 83.1 Å². The predicted octanol–water partition coefficient (Wildman–Crippen LogP) is -2.77. The molecule has 2 aliphatic heterocycles. The molecule has 2 fully saturated rings. The Morgan fingerprint density at radius 3 is 1.42 bits per heavy atom. The van der Waals surface area contributed by atoms with Crippen molar-refractivity contribution in [2.24, 2.45) is 29.4 Å². The SMILES string of the molecule is CC[C@](C)(NC(=O)[C@H](CCC(N)=O)NC(=O)[C@@H]1C[C@@H](O)CN1C(=O)C(C)(C)NC(=O)[C@@H](NC(=O)[C@H](CC(C)C)NC(=O)CNC(=O)[C@@H](NC(=O)C(C)(C)NC(=O)C(C)(C)NC(=O)C(C)(C)NC(=O)[C@@H](NC(C)=O)C(C)C)C(C)C)C(C)C)C(=O)N1C[C@H](O)C[C@H]1C(=O)NC(C)(C)C(=O)N[C@H](CO)Cc1ccccc1. The molecule has 18 N–H and O–H groups in total. The van der Waals surface area contributed by atoms with Gasteiger partial charge in [0.1, 0.15) is 75.5 Å². The Balaban J connectivity index is 1.73. The van der Waals surface area contributed by atoms with Crippen LogP contribution < -0.4 is 74.9 Å². The molecular formula is C74H122N16O19. The summed E-state index contributed by atoms with van der Waals surface area (Å²) in [7, 11) is 0. The Kier molecular flexibility index (Phi) is 33.8. The molecule has 35 heteroatoms. The minimum Gasteiger partial charge on any atom is -0.394 e. The monoisotopic (exact) mass is 1540 g/mol. The van der Waals surface area contributed by atoms with Gasteiger partial charge in [-0.1, -0.05) is 92.6 Å². The molecule has 2 saturated heterocycles. The van der Waals surface area contributed by atoms with Gasteiger partial charge in [0.2, 0.25) is 94.5 Å². The van der Waals surface area contributed by atoms with Crippen LogP contribution in [0, 0.1) is 23.7 Å². The van der Waals surface area contributed by atoms with Gasteiger partial charge in [-0.3, -0.25) is 76.7 Å². The Morgan fingerprint density at radius 1 is 0.495 bits per heavy atom. The van der Waals surface area contributed by atoms with Crippen molar-refractivity contribution in [3.05, 3.63) is 35.9 Å². The fraction of sp³-hybridized carbons (Fsp3) is 0.703. The molecule has 3 rings (SSSR count). The molecule has 0 saturated carbocycles. The number of rotatable bonds is 39. The second kappa shape index (κ2) is 39.3. The molecule has 1 aromatic carbocycles. The fourth-order valence-corrected chi connectivity index (χ4v) is 12.1. The van der Waals surface area contributed by atoms with Crippen molar-refractivity contribution >= 4 is 94.5 Å². The van der Waals surface area contributed by atoms with E-state index in [1.807, 2.05) is 30.3 Å². The van der Waals surface area contributed by atoms with Gasteiger partial charge in [0, 0.05) is 39.3 Å². The third-order valence-electron chi connectivity index (χ3n) is 19.0. The van der Waals surface area contributed by atoms with Crippen molar-refractivity contribution in [1.82, 2.24) is 78.9 Å². The molecule has 2 aliphatic rings. The summed E-state index contributed by atoms with van der Waals surface area (Å²) in [6.45, 7) is 29.4. The molecule has 612 valence electrons. The molecule has 0 bridgehead atoms. The summed E-state index contributed by atoms with van der Waals surface area (Å²) < 4.78 is 0. The van der Waals surface area contributed by atoms with Crippen molar-refractivity contribution in [2.75, 3.05) is 26.2 Å². The maximum absolute atomic E-state index is 14.6. The molecule has 35 nitrogen and oxygen atoms in total. The summed E-state index contributed by atoms with van der Waals surface area (Å²) in [6, 6.07) is -1.02. The van der Waals surface area contributed by atoms with Crippen molar-refractivity contribution < 1.29 is 92.0 Å². The van der Waals surface area contributed by atoms with E-state index in [0.717, 1.165) is 15.4 Å². The lowest BCUT2D eigenvalue weighted by molar-refractivity contribution is -0.147. The third kappa shape index (κ3) is 27.3. The number of aliphatic hydroxyl groups excluding tert-OH is 3. The average molecular weight is 1540 g/mol. The normalized spacial score (nSPS) is 18.4. The number of benzene rings is 1. The summed E-state index contributed by atoms with van der Waals surface area (Å²) >= 11 is 0. The Labute approximate surface area is 638 Å². The van der Waals surface area contributed by atoms with Gasteiger partial charge in [0.05, 0.1) is 31.4 Å². The number of nitrogens with two attached hydrogens (primary N) is 1. The molecule has 0 aromatic heterocycles. The van der Waals surface area contributed by atoms with E-state index in [2.05, 4.69) is 69.1 Å². The molecule has 0 unspecified atom stereocenters. The number of amides is 16. The average Bonchev–Trinajstić information content (AvgIpc) is 1.77. The summed E-state index contributed by atoms with van der Waals surface area (Å²) in [5.74, 6) is -14.7. The smallest absolute Gasteiger partial charge is 0.248 e. The van der Waals surface area contributed by atoms with E-state index in [4.69, 9.17) is 5.73 Å². The van der Waals surface area contributed by atoms with Crippen LogP contribution in [0.15, 0.2) is 30.3 Å². The summed E-state index contributed by atoms with van der Waals surface area (Å²) in [5, 5.41) is 65.8. The van der Waals surface area contributed by atoms with E-state index in [1.165, 1.54) is 83.1 Å². The van der Waals surface area contributed by atoms with Gasteiger partial charge in [0.25, 0.3) is 0 Å². The van der Waals surface area contributed by atoms with Crippen LogP contribution in [0.4, 0.5) is 0 Å². The highest BCUT2D eigenvalue weighted by atomic mass is 16.3. The molecule has 1 aromatic rings. The fourth-order valence-electron chi connectivity index (χ4n) is 12.1. The lowest BCUT2D eigenvalue weighted by Gasteiger charge is -2.37. The van der Waals surface area contributed by atoms with Crippen molar-refractivity contribution in [3.63, 3.8) is 0 Å². The highest BCUT2D eigenvalue weighted by Gasteiger charge is 2.50. The minimum absolute atomic E-state index is 0.0280.